The van der Waals surface area contributed by atoms with Gasteiger partial charge in [-0.1, -0.05) is 42.5 Å². The van der Waals surface area contributed by atoms with Crippen LogP contribution in [0.3, 0.4) is 0 Å². The number of carbonyl (C=O) groups is 1. The number of nitrogens with zero attached hydrogens (tertiary/aromatic N) is 1. The van der Waals surface area contributed by atoms with Gasteiger partial charge >= 0.3 is 0 Å². The smallest absolute Gasteiger partial charge is 0.170 e. The van der Waals surface area contributed by atoms with Crippen LogP contribution >= 0.6 is 0 Å². The van der Waals surface area contributed by atoms with E-state index in [1.807, 2.05) is 55.5 Å². The number of ketones is 1. The molecule has 4 heteroatoms. The van der Waals surface area contributed by atoms with Crippen molar-refractivity contribution in [2.75, 3.05) is 6.61 Å². The number of ether oxygens (including phenoxy) is 2. The Hall–Kier alpha value is -3.58. The van der Waals surface area contributed by atoms with E-state index < -0.39 is 0 Å². The molecule has 4 rings (SSSR count). The van der Waals surface area contributed by atoms with E-state index in [1.165, 1.54) is 0 Å². The summed E-state index contributed by atoms with van der Waals surface area (Å²) in [6.07, 6.45) is 0.0647. The summed E-state index contributed by atoms with van der Waals surface area (Å²) >= 11 is 0. The lowest BCUT2D eigenvalue weighted by Crippen LogP contribution is -2.17. The number of carbonyl (C=O) groups excluding carboxylic acids is 1. The summed E-state index contributed by atoms with van der Waals surface area (Å²) < 4.78 is 12.2. The lowest BCUT2D eigenvalue weighted by molar-refractivity contribution is 0.0932. The van der Waals surface area contributed by atoms with Crippen LogP contribution in [0.4, 0.5) is 0 Å². The fraction of sp³-hybridized carbons (Fsp3) is 0.167. The first-order valence-corrected chi connectivity index (χ1v) is 9.18. The molecule has 0 saturated heterocycles. The fourth-order valence-electron chi connectivity index (χ4n) is 3.40. The Morgan fingerprint density at radius 2 is 1.71 bits per heavy atom. The highest BCUT2D eigenvalue weighted by atomic mass is 16.5. The number of hydrogen-bond donors (Lipinski definition) is 0. The van der Waals surface area contributed by atoms with Crippen molar-refractivity contribution >= 4 is 5.78 Å². The second-order valence-electron chi connectivity index (χ2n) is 6.73. The van der Waals surface area contributed by atoms with Crippen molar-refractivity contribution in [3.8, 4) is 17.6 Å². The van der Waals surface area contributed by atoms with E-state index >= 15 is 0 Å². The van der Waals surface area contributed by atoms with Crippen LogP contribution in [0.25, 0.3) is 0 Å². The Labute approximate surface area is 164 Å². The SMILES string of the molecule is Cc1c(OC(c2ccccc2)c2ccc(C#N)cc2)ccc2c1OCCC2=O. The highest BCUT2D eigenvalue weighted by molar-refractivity contribution is 6.00. The normalized spacial score (nSPS) is 13.8. The molecule has 0 spiro atoms. The van der Waals surface area contributed by atoms with Crippen molar-refractivity contribution in [3.63, 3.8) is 0 Å². The van der Waals surface area contributed by atoms with Crippen molar-refractivity contribution in [1.29, 1.82) is 5.26 Å². The van der Waals surface area contributed by atoms with E-state index in [0.29, 0.717) is 35.7 Å². The van der Waals surface area contributed by atoms with E-state index in [1.54, 1.807) is 18.2 Å². The molecule has 1 unspecified atom stereocenters. The Morgan fingerprint density at radius 1 is 1.00 bits per heavy atom. The van der Waals surface area contributed by atoms with Crippen molar-refractivity contribution in [1.82, 2.24) is 0 Å². The van der Waals surface area contributed by atoms with Crippen LogP contribution in [-0.2, 0) is 0 Å². The zero-order valence-corrected chi connectivity index (χ0v) is 15.5. The number of hydrogen-bond acceptors (Lipinski definition) is 4. The third-order valence-corrected chi connectivity index (χ3v) is 4.92. The van der Waals surface area contributed by atoms with Crippen LogP contribution in [0.2, 0.25) is 0 Å². The third-order valence-electron chi connectivity index (χ3n) is 4.92. The molecule has 0 N–H and O–H groups in total. The van der Waals surface area contributed by atoms with E-state index in [2.05, 4.69) is 6.07 Å². The fourth-order valence-corrected chi connectivity index (χ4v) is 3.40. The van der Waals surface area contributed by atoms with Gasteiger partial charge in [-0.2, -0.15) is 5.26 Å². The van der Waals surface area contributed by atoms with Crippen LogP contribution in [0.15, 0.2) is 66.7 Å². The Balaban J connectivity index is 1.74. The van der Waals surface area contributed by atoms with Gasteiger partial charge in [0.15, 0.2) is 5.78 Å². The first kappa shape index (κ1) is 17.8. The molecule has 3 aromatic carbocycles. The summed E-state index contributed by atoms with van der Waals surface area (Å²) in [5, 5.41) is 9.07. The predicted octanol–water partition coefficient (Wildman–Crippen LogP) is 5.00. The van der Waals surface area contributed by atoms with Crippen LogP contribution in [0.1, 0.15) is 45.1 Å². The highest BCUT2D eigenvalue weighted by Crippen LogP contribution is 2.38. The van der Waals surface area contributed by atoms with Crippen LogP contribution in [0, 0.1) is 18.3 Å². The van der Waals surface area contributed by atoms with Crippen molar-refractivity contribution in [2.24, 2.45) is 0 Å². The molecule has 0 aromatic heterocycles. The van der Waals surface area contributed by atoms with Crippen LogP contribution < -0.4 is 9.47 Å². The average molecular weight is 369 g/mol. The molecule has 4 nitrogen and oxygen atoms in total. The van der Waals surface area contributed by atoms with E-state index in [0.717, 1.165) is 16.7 Å². The minimum Gasteiger partial charge on any atom is -0.492 e. The molecule has 3 aromatic rings. The first-order valence-electron chi connectivity index (χ1n) is 9.18. The average Bonchev–Trinajstić information content (AvgIpc) is 2.75. The number of rotatable bonds is 4. The maximum Gasteiger partial charge on any atom is 0.170 e. The van der Waals surface area contributed by atoms with Gasteiger partial charge in [0.1, 0.15) is 17.6 Å². The molecule has 1 aliphatic rings. The summed E-state index contributed by atoms with van der Waals surface area (Å²) in [6.45, 7) is 2.31. The van der Waals surface area contributed by atoms with Gasteiger partial charge in [-0.3, -0.25) is 4.79 Å². The second-order valence-corrected chi connectivity index (χ2v) is 6.73. The lowest BCUT2D eigenvalue weighted by Gasteiger charge is -2.24. The lowest BCUT2D eigenvalue weighted by atomic mass is 9.99. The zero-order valence-electron chi connectivity index (χ0n) is 15.5. The van der Waals surface area contributed by atoms with Gasteiger partial charge in [0, 0.05) is 12.0 Å². The summed E-state index contributed by atoms with van der Waals surface area (Å²) in [5.74, 6) is 1.38. The van der Waals surface area contributed by atoms with Crippen LogP contribution in [-0.4, -0.2) is 12.4 Å². The quantitative estimate of drug-likeness (QED) is 0.649. The molecule has 0 fully saturated rings. The molecule has 0 radical (unpaired) electrons. The summed E-state index contributed by atoms with van der Waals surface area (Å²) in [5.41, 5.74) is 3.99. The molecule has 1 aliphatic heterocycles. The maximum absolute atomic E-state index is 12.1. The summed E-state index contributed by atoms with van der Waals surface area (Å²) in [6, 6.07) is 23.1. The second kappa shape index (κ2) is 7.58. The molecule has 28 heavy (non-hydrogen) atoms. The molecule has 1 atom stereocenters. The predicted molar refractivity (Wildman–Crippen MR) is 106 cm³/mol. The number of nitriles is 1. The summed E-state index contributed by atoms with van der Waals surface area (Å²) in [4.78, 5) is 12.1. The maximum atomic E-state index is 12.1. The minimum absolute atomic E-state index is 0.0996. The van der Waals surface area contributed by atoms with Gasteiger partial charge < -0.3 is 9.47 Å². The summed E-state index contributed by atoms with van der Waals surface area (Å²) in [7, 11) is 0. The molecule has 0 bridgehead atoms. The van der Waals surface area contributed by atoms with Crippen molar-refractivity contribution in [2.45, 2.75) is 19.4 Å². The largest absolute Gasteiger partial charge is 0.492 e. The van der Waals surface area contributed by atoms with Gasteiger partial charge in [-0.05, 0) is 42.3 Å². The van der Waals surface area contributed by atoms with Crippen LogP contribution in [0.5, 0.6) is 11.5 Å². The van der Waals surface area contributed by atoms with Crippen molar-refractivity contribution in [3.05, 3.63) is 94.5 Å². The Bertz CT molecular complexity index is 1050. The zero-order chi connectivity index (χ0) is 19.5. The number of fused-ring (bicyclic) bond motifs is 1. The Kier molecular flexibility index (Phi) is 4.82. The molecule has 1 heterocycles. The number of benzene rings is 3. The monoisotopic (exact) mass is 369 g/mol. The van der Waals surface area contributed by atoms with Gasteiger partial charge in [-0.25, -0.2) is 0 Å². The number of Topliss-reactive ketones (excluding diaryl/α,β-unsaturated/α-hetero) is 1. The molecule has 0 amide bonds. The van der Waals surface area contributed by atoms with Gasteiger partial charge in [0.05, 0.1) is 23.8 Å². The molecule has 138 valence electrons. The Morgan fingerprint density at radius 3 is 2.43 bits per heavy atom. The first-order chi connectivity index (χ1) is 13.7. The molecular formula is C24H19NO3. The van der Waals surface area contributed by atoms with E-state index in [9.17, 15) is 4.79 Å². The molecule has 0 aliphatic carbocycles. The topological polar surface area (TPSA) is 59.3 Å². The molecular weight excluding hydrogens is 350 g/mol. The van der Waals surface area contributed by atoms with Crippen molar-refractivity contribution < 1.29 is 14.3 Å². The molecule has 0 saturated carbocycles. The third kappa shape index (κ3) is 3.35. The van der Waals surface area contributed by atoms with E-state index in [-0.39, 0.29) is 11.9 Å². The van der Waals surface area contributed by atoms with Gasteiger partial charge in [-0.15, -0.1) is 0 Å². The van der Waals surface area contributed by atoms with E-state index in [4.69, 9.17) is 14.7 Å². The highest BCUT2D eigenvalue weighted by Gasteiger charge is 2.24. The minimum atomic E-state index is -0.343. The van der Waals surface area contributed by atoms with Gasteiger partial charge in [0.25, 0.3) is 0 Å². The standard InChI is InChI=1S/C24H19NO3/c1-16-22(12-11-20-21(26)13-14-27-23(16)20)28-24(18-5-3-2-4-6-18)19-9-7-17(15-25)8-10-19/h2-12,24H,13-14H2,1H3. The van der Waals surface area contributed by atoms with Gasteiger partial charge in [0.2, 0.25) is 0 Å².